The Bertz CT molecular complexity index is 484. The number of rotatable bonds is 1. The molecule has 0 saturated heterocycles. The highest BCUT2D eigenvalue weighted by molar-refractivity contribution is 5.70. The minimum atomic E-state index is -0.938. The lowest BCUT2D eigenvalue weighted by molar-refractivity contribution is -0.135. The van der Waals surface area contributed by atoms with Gasteiger partial charge in [0, 0.05) is 11.1 Å². The van der Waals surface area contributed by atoms with Crippen LogP contribution >= 0.6 is 0 Å². The van der Waals surface area contributed by atoms with Gasteiger partial charge in [-0.25, -0.2) is 0 Å². The van der Waals surface area contributed by atoms with E-state index in [0.29, 0.717) is 5.56 Å². The van der Waals surface area contributed by atoms with E-state index < -0.39 is 5.97 Å². The number of carboxylic acids is 1. The standard InChI is InChI=1S/C14H16O3/c1-14(2,3)11-9-10(7-8-12(11)15)5-4-6-13(16)17/h7-9,15H,6H2,1-3H3,(H,16,17). The van der Waals surface area contributed by atoms with Crippen molar-refractivity contribution in [1.82, 2.24) is 0 Å². The molecule has 1 aromatic rings. The van der Waals surface area contributed by atoms with Gasteiger partial charge in [-0.1, -0.05) is 32.6 Å². The van der Waals surface area contributed by atoms with Crippen molar-refractivity contribution < 1.29 is 15.0 Å². The molecule has 0 aliphatic heterocycles. The first kappa shape index (κ1) is 13.1. The highest BCUT2D eigenvalue weighted by Crippen LogP contribution is 2.30. The second kappa shape index (κ2) is 4.92. The lowest BCUT2D eigenvalue weighted by Gasteiger charge is -2.20. The summed E-state index contributed by atoms with van der Waals surface area (Å²) in [6, 6.07) is 5.06. The topological polar surface area (TPSA) is 57.5 Å². The van der Waals surface area contributed by atoms with Crippen molar-refractivity contribution in [3.63, 3.8) is 0 Å². The Morgan fingerprint density at radius 3 is 2.53 bits per heavy atom. The molecule has 0 fully saturated rings. The number of carboxylic acid groups (broad SMARTS) is 1. The van der Waals surface area contributed by atoms with Gasteiger partial charge in [0.25, 0.3) is 0 Å². The predicted molar refractivity (Wildman–Crippen MR) is 65.9 cm³/mol. The Kier molecular flexibility index (Phi) is 3.80. The Morgan fingerprint density at radius 2 is 2.00 bits per heavy atom. The van der Waals surface area contributed by atoms with Crippen LogP contribution in [0.3, 0.4) is 0 Å². The second-order valence-electron chi connectivity index (χ2n) is 4.85. The summed E-state index contributed by atoms with van der Waals surface area (Å²) in [5.41, 5.74) is 1.35. The van der Waals surface area contributed by atoms with Crippen LogP contribution in [0.15, 0.2) is 18.2 Å². The SMILES string of the molecule is CC(C)(C)c1cc(C#CCC(=O)O)ccc1O. The molecule has 0 spiro atoms. The van der Waals surface area contributed by atoms with Crippen molar-refractivity contribution in [3.05, 3.63) is 29.3 Å². The van der Waals surface area contributed by atoms with Crippen LogP contribution in [0.25, 0.3) is 0 Å². The summed E-state index contributed by atoms with van der Waals surface area (Å²) in [7, 11) is 0. The first-order chi connectivity index (χ1) is 7.80. The molecule has 1 aromatic carbocycles. The molecular formula is C14H16O3. The average molecular weight is 232 g/mol. The third-order valence-corrected chi connectivity index (χ3v) is 2.28. The number of aromatic hydroxyl groups is 1. The van der Waals surface area contributed by atoms with Crippen molar-refractivity contribution >= 4 is 5.97 Å². The second-order valence-corrected chi connectivity index (χ2v) is 4.85. The Labute approximate surface area is 101 Å². The van der Waals surface area contributed by atoms with Crippen LogP contribution in [0.2, 0.25) is 0 Å². The molecule has 17 heavy (non-hydrogen) atoms. The number of hydrogen-bond acceptors (Lipinski definition) is 2. The molecule has 3 nitrogen and oxygen atoms in total. The molecule has 0 unspecified atom stereocenters. The summed E-state index contributed by atoms with van der Waals surface area (Å²) in [6.45, 7) is 5.99. The molecule has 0 saturated carbocycles. The van der Waals surface area contributed by atoms with Crippen LogP contribution in [-0.2, 0) is 10.2 Å². The molecular weight excluding hydrogens is 216 g/mol. The molecule has 3 heteroatoms. The van der Waals surface area contributed by atoms with E-state index in [4.69, 9.17) is 5.11 Å². The van der Waals surface area contributed by atoms with E-state index in [0.717, 1.165) is 5.56 Å². The number of hydrogen-bond donors (Lipinski definition) is 2. The van der Waals surface area contributed by atoms with Crippen LogP contribution < -0.4 is 0 Å². The minimum Gasteiger partial charge on any atom is -0.508 e. The number of carbonyl (C=O) groups is 1. The van der Waals surface area contributed by atoms with Gasteiger partial charge >= 0.3 is 5.97 Å². The number of phenolic OH excluding ortho intramolecular Hbond substituents is 1. The molecule has 0 atom stereocenters. The molecule has 90 valence electrons. The Morgan fingerprint density at radius 1 is 1.35 bits per heavy atom. The Balaban J connectivity index is 3.04. The van der Waals surface area contributed by atoms with Crippen molar-refractivity contribution in [2.75, 3.05) is 0 Å². The lowest BCUT2D eigenvalue weighted by atomic mass is 9.85. The van der Waals surface area contributed by atoms with Crippen molar-refractivity contribution in [2.45, 2.75) is 32.6 Å². The van der Waals surface area contributed by atoms with Gasteiger partial charge in [0.2, 0.25) is 0 Å². The summed E-state index contributed by atoms with van der Waals surface area (Å²) in [6.07, 6.45) is -0.175. The van der Waals surface area contributed by atoms with Crippen LogP contribution in [0.5, 0.6) is 5.75 Å². The van der Waals surface area contributed by atoms with Gasteiger partial charge in [0.15, 0.2) is 0 Å². The quantitative estimate of drug-likeness (QED) is 0.731. The minimum absolute atomic E-state index is 0.172. The van der Waals surface area contributed by atoms with Gasteiger partial charge in [0.1, 0.15) is 12.2 Å². The number of benzene rings is 1. The van der Waals surface area contributed by atoms with Gasteiger partial charge in [-0.3, -0.25) is 4.79 Å². The van der Waals surface area contributed by atoms with Gasteiger partial charge in [-0.05, 0) is 23.6 Å². The maximum Gasteiger partial charge on any atom is 0.315 e. The fourth-order valence-corrected chi connectivity index (χ4v) is 1.44. The molecule has 0 aliphatic rings. The van der Waals surface area contributed by atoms with Gasteiger partial charge in [0.05, 0.1) is 0 Å². The number of phenols is 1. The molecule has 0 heterocycles. The smallest absolute Gasteiger partial charge is 0.315 e. The van der Waals surface area contributed by atoms with Crippen LogP contribution in [-0.4, -0.2) is 16.2 Å². The fourth-order valence-electron chi connectivity index (χ4n) is 1.44. The van der Waals surface area contributed by atoms with Crippen LogP contribution in [0.4, 0.5) is 0 Å². The van der Waals surface area contributed by atoms with Crippen LogP contribution in [0.1, 0.15) is 38.3 Å². The molecule has 0 bridgehead atoms. The number of aliphatic carboxylic acids is 1. The molecule has 0 radical (unpaired) electrons. The van der Waals surface area contributed by atoms with E-state index in [-0.39, 0.29) is 17.6 Å². The molecule has 2 N–H and O–H groups in total. The molecule has 0 aliphatic carbocycles. The summed E-state index contributed by atoms with van der Waals surface area (Å²) in [4.78, 5) is 10.3. The van der Waals surface area contributed by atoms with E-state index in [9.17, 15) is 9.90 Å². The average Bonchev–Trinajstić information content (AvgIpc) is 2.18. The zero-order valence-electron chi connectivity index (χ0n) is 10.2. The van der Waals surface area contributed by atoms with Crippen LogP contribution in [0, 0.1) is 11.8 Å². The third-order valence-electron chi connectivity index (χ3n) is 2.28. The lowest BCUT2D eigenvalue weighted by Crippen LogP contribution is -2.11. The van der Waals surface area contributed by atoms with Gasteiger partial charge in [-0.2, -0.15) is 0 Å². The van der Waals surface area contributed by atoms with Gasteiger partial charge < -0.3 is 10.2 Å². The fraction of sp³-hybridized carbons (Fsp3) is 0.357. The maximum absolute atomic E-state index is 10.3. The zero-order valence-corrected chi connectivity index (χ0v) is 10.2. The molecule has 0 aromatic heterocycles. The van der Waals surface area contributed by atoms with E-state index >= 15 is 0 Å². The highest BCUT2D eigenvalue weighted by Gasteiger charge is 2.17. The van der Waals surface area contributed by atoms with Crippen molar-refractivity contribution in [1.29, 1.82) is 0 Å². The van der Waals surface area contributed by atoms with E-state index in [1.54, 1.807) is 18.2 Å². The largest absolute Gasteiger partial charge is 0.508 e. The summed E-state index contributed by atoms with van der Waals surface area (Å²) in [5.74, 6) is 4.64. The molecule has 1 rings (SSSR count). The summed E-state index contributed by atoms with van der Waals surface area (Å²) in [5, 5.41) is 18.2. The van der Waals surface area contributed by atoms with E-state index in [2.05, 4.69) is 11.8 Å². The van der Waals surface area contributed by atoms with E-state index in [1.165, 1.54) is 0 Å². The van der Waals surface area contributed by atoms with Crippen molar-refractivity contribution in [2.24, 2.45) is 0 Å². The first-order valence-corrected chi connectivity index (χ1v) is 5.35. The third kappa shape index (κ3) is 3.84. The normalized spacial score (nSPS) is 10.5. The zero-order chi connectivity index (χ0) is 13.1. The first-order valence-electron chi connectivity index (χ1n) is 5.35. The van der Waals surface area contributed by atoms with E-state index in [1.807, 2.05) is 20.8 Å². The summed E-state index contributed by atoms with van der Waals surface area (Å²) >= 11 is 0. The van der Waals surface area contributed by atoms with Crippen molar-refractivity contribution in [3.8, 4) is 17.6 Å². The Hall–Kier alpha value is -1.95. The monoisotopic (exact) mass is 232 g/mol. The summed E-state index contributed by atoms with van der Waals surface area (Å²) < 4.78 is 0. The predicted octanol–water partition coefficient (Wildman–Crippen LogP) is 2.52. The maximum atomic E-state index is 10.3. The van der Waals surface area contributed by atoms with Gasteiger partial charge in [-0.15, -0.1) is 0 Å². The molecule has 0 amide bonds. The highest BCUT2D eigenvalue weighted by atomic mass is 16.4.